The summed E-state index contributed by atoms with van der Waals surface area (Å²) in [7, 11) is -3.05. The van der Waals surface area contributed by atoms with Crippen LogP contribution in [0.1, 0.15) is 50.5 Å². The average Bonchev–Trinajstić information content (AvgIpc) is 3.08. The number of ether oxygens (including phenoxy) is 1. The van der Waals surface area contributed by atoms with Gasteiger partial charge in [-0.3, -0.25) is 14.3 Å². The second-order valence-corrected chi connectivity index (χ2v) is 12.1. The van der Waals surface area contributed by atoms with Gasteiger partial charge in [0.2, 0.25) is 0 Å². The van der Waals surface area contributed by atoms with Gasteiger partial charge in [-0.1, -0.05) is 32.9 Å². The summed E-state index contributed by atoms with van der Waals surface area (Å²) in [6.45, 7) is 8.61. The molecule has 0 fully saturated rings. The molecule has 1 aliphatic heterocycles. The molecule has 0 saturated carbocycles. The van der Waals surface area contributed by atoms with Gasteiger partial charge >= 0.3 is 0 Å². The van der Waals surface area contributed by atoms with E-state index in [1.807, 2.05) is 27.4 Å². The number of rotatable bonds is 6. The Morgan fingerprint density at radius 3 is 2.64 bits per heavy atom. The fourth-order valence-electron chi connectivity index (χ4n) is 4.35. The van der Waals surface area contributed by atoms with Crippen LogP contribution in [0.3, 0.4) is 0 Å². The predicted octanol–water partition coefficient (Wildman–Crippen LogP) is 3.48. The largest absolute Gasteiger partial charge is 0.491 e. The first-order valence-corrected chi connectivity index (χ1v) is 13.0. The highest BCUT2D eigenvalue weighted by molar-refractivity contribution is 7.90. The summed E-state index contributed by atoms with van der Waals surface area (Å²) in [5.41, 5.74) is 1.90. The molecule has 9 heteroatoms. The van der Waals surface area contributed by atoms with Gasteiger partial charge in [0.25, 0.3) is 0 Å². The summed E-state index contributed by atoms with van der Waals surface area (Å²) in [5.74, 6) is 0.381. The van der Waals surface area contributed by atoms with E-state index in [4.69, 9.17) is 9.84 Å². The molecule has 1 aromatic carbocycles. The number of hydrogen-bond acceptors (Lipinski definition) is 6. The molecule has 1 atom stereocenters. The molecule has 8 nitrogen and oxygen atoms in total. The van der Waals surface area contributed by atoms with Crippen LogP contribution in [0.15, 0.2) is 35.3 Å². The number of nitrogens with zero attached hydrogens (tertiary/aromatic N) is 3. The lowest BCUT2D eigenvalue weighted by Crippen LogP contribution is -2.35. The summed E-state index contributed by atoms with van der Waals surface area (Å²) in [4.78, 5) is 24.8. The number of pyridine rings is 1. The topological polar surface area (TPSA) is 100 Å². The summed E-state index contributed by atoms with van der Waals surface area (Å²) in [6.07, 6.45) is 3.28. The van der Waals surface area contributed by atoms with Crippen LogP contribution >= 0.6 is 0 Å². The van der Waals surface area contributed by atoms with Gasteiger partial charge in [-0.05, 0) is 24.8 Å². The molecule has 0 radical (unpaired) electrons. The van der Waals surface area contributed by atoms with Crippen molar-refractivity contribution in [3.63, 3.8) is 0 Å². The van der Waals surface area contributed by atoms with Crippen LogP contribution < -0.4 is 10.2 Å². The molecular formula is C24H29N3O5S. The summed E-state index contributed by atoms with van der Waals surface area (Å²) in [5, 5.41) is 5.66. The molecule has 0 aliphatic carbocycles. The molecule has 4 rings (SSSR count). The number of Topliss-reactive ketones (excluding diaryl/α,β-unsaturated/α-hetero) is 1. The molecule has 1 aliphatic rings. The summed E-state index contributed by atoms with van der Waals surface area (Å²) >= 11 is 0. The minimum absolute atomic E-state index is 0.0212. The number of benzene rings is 1. The van der Waals surface area contributed by atoms with E-state index in [9.17, 15) is 18.0 Å². The SMILES string of the molecule is CC(=O)c1cn2c(cc1=O)-c1c3cccc(OCCCS(C)(=O)=O)c3nn1CC2C(C)(C)C. The molecule has 0 bridgehead atoms. The van der Waals surface area contributed by atoms with E-state index in [0.29, 0.717) is 29.9 Å². The van der Waals surface area contributed by atoms with Gasteiger partial charge in [-0.25, -0.2) is 8.42 Å². The fraction of sp³-hybridized carbons (Fsp3) is 0.458. The maximum absolute atomic E-state index is 12.7. The monoisotopic (exact) mass is 471 g/mol. The van der Waals surface area contributed by atoms with E-state index in [0.717, 1.165) is 11.1 Å². The van der Waals surface area contributed by atoms with Crippen LogP contribution in [0.2, 0.25) is 0 Å². The molecule has 0 N–H and O–H groups in total. The summed E-state index contributed by atoms with van der Waals surface area (Å²) < 4.78 is 32.6. The molecule has 0 amide bonds. The van der Waals surface area contributed by atoms with Crippen molar-refractivity contribution in [3.8, 4) is 17.1 Å². The first-order valence-electron chi connectivity index (χ1n) is 10.9. The molecule has 33 heavy (non-hydrogen) atoms. The van der Waals surface area contributed by atoms with E-state index in [2.05, 4.69) is 20.8 Å². The van der Waals surface area contributed by atoms with Gasteiger partial charge in [0.05, 0.1) is 41.9 Å². The van der Waals surface area contributed by atoms with Crippen molar-refractivity contribution >= 4 is 26.5 Å². The number of sulfone groups is 1. The Morgan fingerprint density at radius 2 is 2.00 bits per heavy atom. The molecule has 0 spiro atoms. The van der Waals surface area contributed by atoms with E-state index in [1.54, 1.807) is 6.20 Å². The van der Waals surface area contributed by atoms with Crippen LogP contribution in [0.25, 0.3) is 22.3 Å². The van der Waals surface area contributed by atoms with E-state index >= 15 is 0 Å². The van der Waals surface area contributed by atoms with E-state index in [-0.39, 0.29) is 40.6 Å². The first-order chi connectivity index (χ1) is 15.4. The van der Waals surface area contributed by atoms with Crippen LogP contribution in [0.5, 0.6) is 5.75 Å². The lowest BCUT2D eigenvalue weighted by Gasteiger charge is -2.38. The second-order valence-electron chi connectivity index (χ2n) is 9.80. The lowest BCUT2D eigenvalue weighted by atomic mass is 9.84. The fourth-order valence-corrected chi connectivity index (χ4v) is 5.00. The first kappa shape index (κ1) is 23.2. The van der Waals surface area contributed by atoms with Gasteiger partial charge in [0.15, 0.2) is 11.2 Å². The maximum atomic E-state index is 12.7. The molecule has 176 valence electrons. The van der Waals surface area contributed by atoms with Crippen molar-refractivity contribution in [2.24, 2.45) is 5.41 Å². The van der Waals surface area contributed by atoms with Gasteiger partial charge in [0, 0.05) is 23.9 Å². The van der Waals surface area contributed by atoms with Gasteiger partial charge in [-0.2, -0.15) is 5.10 Å². The number of fused-ring (bicyclic) bond motifs is 5. The Kier molecular flexibility index (Phi) is 5.72. The van der Waals surface area contributed by atoms with Crippen molar-refractivity contribution in [2.75, 3.05) is 18.6 Å². The summed E-state index contributed by atoms with van der Waals surface area (Å²) in [6, 6.07) is 7.12. The van der Waals surface area contributed by atoms with Crippen LogP contribution in [-0.4, -0.2) is 47.2 Å². The van der Waals surface area contributed by atoms with Crippen molar-refractivity contribution in [3.05, 3.63) is 46.2 Å². The standard InChI is InChI=1S/C24H29N3O5S/c1-15(28)17-13-26-18(12-19(17)29)23-16-8-6-9-20(32-10-7-11-33(5,30)31)22(16)25-27(23)14-21(26)24(2,3)4/h6,8-9,12-13,21H,7,10-11,14H2,1-5H3. The molecule has 1 unspecified atom stereocenters. The number of carbonyl (C=O) groups is 1. The van der Waals surface area contributed by atoms with E-state index in [1.165, 1.54) is 19.2 Å². The predicted molar refractivity (Wildman–Crippen MR) is 128 cm³/mol. The molecule has 0 saturated heterocycles. The van der Waals surface area contributed by atoms with E-state index < -0.39 is 9.84 Å². The zero-order valence-corrected chi connectivity index (χ0v) is 20.4. The van der Waals surface area contributed by atoms with Gasteiger partial charge < -0.3 is 9.30 Å². The highest BCUT2D eigenvalue weighted by atomic mass is 32.2. The highest BCUT2D eigenvalue weighted by Gasteiger charge is 2.35. The maximum Gasteiger partial charge on any atom is 0.193 e. The minimum atomic E-state index is -3.05. The minimum Gasteiger partial charge on any atom is -0.491 e. The number of ketones is 1. The van der Waals surface area contributed by atoms with Gasteiger partial charge in [-0.15, -0.1) is 0 Å². The Hall–Kier alpha value is -2.94. The molecule has 2 aromatic heterocycles. The number of hydrogen-bond donors (Lipinski definition) is 0. The molecule has 3 aromatic rings. The zero-order valence-electron chi connectivity index (χ0n) is 19.6. The molecular weight excluding hydrogens is 442 g/mol. The Labute approximate surface area is 193 Å². The van der Waals surface area contributed by atoms with Crippen molar-refractivity contribution in [1.82, 2.24) is 14.3 Å². The van der Waals surface area contributed by atoms with Crippen molar-refractivity contribution in [2.45, 2.75) is 46.7 Å². The smallest absolute Gasteiger partial charge is 0.193 e. The number of carbonyl (C=O) groups excluding carboxylic acids is 1. The highest BCUT2D eigenvalue weighted by Crippen LogP contribution is 2.43. The average molecular weight is 472 g/mol. The second kappa shape index (κ2) is 8.13. The van der Waals surface area contributed by atoms with Crippen LogP contribution in [-0.2, 0) is 16.4 Å². The van der Waals surface area contributed by atoms with Crippen LogP contribution in [0.4, 0.5) is 0 Å². The zero-order chi connectivity index (χ0) is 24.1. The molecule has 3 heterocycles. The van der Waals surface area contributed by atoms with Gasteiger partial charge in [0.1, 0.15) is 21.1 Å². The lowest BCUT2D eigenvalue weighted by molar-refractivity contribution is 0.101. The quantitative estimate of drug-likeness (QED) is 0.403. The third kappa shape index (κ3) is 4.46. The normalized spacial score (nSPS) is 15.8. The Balaban J connectivity index is 1.83. The Bertz CT molecular complexity index is 1410. The number of aromatic nitrogens is 3. The van der Waals surface area contributed by atoms with Crippen molar-refractivity contribution in [1.29, 1.82) is 0 Å². The Morgan fingerprint density at radius 1 is 1.27 bits per heavy atom. The third-order valence-electron chi connectivity index (χ3n) is 6.03. The van der Waals surface area contributed by atoms with Crippen molar-refractivity contribution < 1.29 is 17.9 Å². The third-order valence-corrected chi connectivity index (χ3v) is 7.06. The van der Waals surface area contributed by atoms with Crippen LogP contribution in [0, 0.1) is 5.41 Å².